The van der Waals surface area contributed by atoms with Crippen LogP contribution in [-0.4, -0.2) is 27.9 Å². The van der Waals surface area contributed by atoms with Crippen LogP contribution < -0.4 is 10.6 Å². The summed E-state index contributed by atoms with van der Waals surface area (Å²) < 4.78 is 2.17. The molecule has 0 radical (unpaired) electrons. The SMILES string of the molecule is CC(=O)NCCCc1ccc(-c2csc(NC(=O)c3cc(C)n(C(C)C)c3C)n2)cc1. The second kappa shape index (κ2) is 9.92. The highest BCUT2D eigenvalue weighted by Crippen LogP contribution is 2.27. The highest BCUT2D eigenvalue weighted by molar-refractivity contribution is 7.14. The van der Waals surface area contributed by atoms with Crippen molar-refractivity contribution in [2.45, 2.75) is 53.5 Å². The molecule has 1 aromatic carbocycles. The standard InChI is InChI=1S/C24H30N4O2S/c1-15(2)28-16(3)13-21(17(28)4)23(30)27-24-26-22(14-31-24)20-10-8-19(9-11-20)7-6-12-25-18(5)29/h8-11,13-15H,6-7,12H2,1-5H3,(H,25,29)(H,26,27,30). The van der Waals surface area contributed by atoms with Crippen LogP contribution in [0.3, 0.4) is 0 Å². The van der Waals surface area contributed by atoms with Crippen molar-refractivity contribution in [3.63, 3.8) is 0 Å². The van der Waals surface area contributed by atoms with Crippen LogP contribution in [-0.2, 0) is 11.2 Å². The molecule has 164 valence electrons. The second-order valence-electron chi connectivity index (χ2n) is 8.02. The molecule has 0 fully saturated rings. The Morgan fingerprint density at radius 2 is 1.87 bits per heavy atom. The van der Waals surface area contributed by atoms with Crippen molar-refractivity contribution in [1.29, 1.82) is 0 Å². The van der Waals surface area contributed by atoms with E-state index in [1.54, 1.807) is 0 Å². The van der Waals surface area contributed by atoms with Crippen LogP contribution in [0.5, 0.6) is 0 Å². The molecule has 2 heterocycles. The number of rotatable bonds is 8. The molecule has 0 unspecified atom stereocenters. The molecule has 0 aliphatic carbocycles. The van der Waals surface area contributed by atoms with Gasteiger partial charge in [0.2, 0.25) is 5.91 Å². The molecule has 0 spiro atoms. The lowest BCUT2D eigenvalue weighted by Gasteiger charge is -2.13. The zero-order chi connectivity index (χ0) is 22.5. The summed E-state index contributed by atoms with van der Waals surface area (Å²) in [5.74, 6) is -0.125. The first-order chi connectivity index (χ1) is 14.8. The largest absolute Gasteiger partial charge is 0.356 e. The van der Waals surface area contributed by atoms with Gasteiger partial charge in [0.25, 0.3) is 5.91 Å². The number of nitrogens with one attached hydrogen (secondary N) is 2. The van der Waals surface area contributed by atoms with E-state index in [1.165, 1.54) is 23.8 Å². The maximum absolute atomic E-state index is 12.8. The van der Waals surface area contributed by atoms with Gasteiger partial charge < -0.3 is 9.88 Å². The van der Waals surface area contributed by atoms with Crippen molar-refractivity contribution in [2.24, 2.45) is 0 Å². The van der Waals surface area contributed by atoms with E-state index >= 15 is 0 Å². The van der Waals surface area contributed by atoms with E-state index in [9.17, 15) is 9.59 Å². The van der Waals surface area contributed by atoms with Crippen LogP contribution >= 0.6 is 11.3 Å². The third kappa shape index (κ3) is 5.61. The first-order valence-electron chi connectivity index (χ1n) is 10.5. The van der Waals surface area contributed by atoms with E-state index in [0.29, 0.717) is 23.3 Å². The number of anilines is 1. The van der Waals surface area contributed by atoms with Crippen LogP contribution in [0.15, 0.2) is 35.7 Å². The number of aryl methyl sites for hydroxylation is 2. The second-order valence-corrected chi connectivity index (χ2v) is 8.88. The molecule has 0 bridgehead atoms. The molecular formula is C24H30N4O2S. The van der Waals surface area contributed by atoms with Crippen LogP contribution in [0.25, 0.3) is 11.3 Å². The van der Waals surface area contributed by atoms with Gasteiger partial charge in [-0.05, 0) is 52.2 Å². The average Bonchev–Trinajstić information content (AvgIpc) is 3.29. The van der Waals surface area contributed by atoms with Crippen molar-refractivity contribution in [2.75, 3.05) is 11.9 Å². The quantitative estimate of drug-likeness (QED) is 0.479. The van der Waals surface area contributed by atoms with E-state index in [2.05, 4.69) is 46.2 Å². The summed E-state index contributed by atoms with van der Waals surface area (Å²) in [7, 11) is 0. The molecule has 3 aromatic rings. The smallest absolute Gasteiger partial charge is 0.259 e. The highest BCUT2D eigenvalue weighted by Gasteiger charge is 2.18. The van der Waals surface area contributed by atoms with E-state index in [-0.39, 0.29) is 11.8 Å². The Balaban J connectivity index is 1.63. The molecule has 2 N–H and O–H groups in total. The summed E-state index contributed by atoms with van der Waals surface area (Å²) in [6, 6.07) is 10.5. The van der Waals surface area contributed by atoms with Gasteiger partial charge in [0, 0.05) is 41.8 Å². The summed E-state index contributed by atoms with van der Waals surface area (Å²) in [6.07, 6.45) is 1.82. The fourth-order valence-electron chi connectivity index (χ4n) is 3.83. The lowest BCUT2D eigenvalue weighted by atomic mass is 10.1. The molecule has 0 aliphatic rings. The Labute approximate surface area is 187 Å². The third-order valence-electron chi connectivity index (χ3n) is 5.24. The molecule has 0 saturated carbocycles. The summed E-state index contributed by atoms with van der Waals surface area (Å²) >= 11 is 1.42. The number of hydrogen-bond acceptors (Lipinski definition) is 4. The number of carbonyl (C=O) groups is 2. The minimum absolute atomic E-state index is 0.00422. The van der Waals surface area contributed by atoms with Gasteiger partial charge in [-0.1, -0.05) is 24.3 Å². The first kappa shape index (κ1) is 22.7. The Morgan fingerprint density at radius 3 is 2.48 bits per heavy atom. The summed E-state index contributed by atoms with van der Waals surface area (Å²) in [4.78, 5) is 28.3. The minimum Gasteiger partial charge on any atom is -0.356 e. The lowest BCUT2D eigenvalue weighted by Crippen LogP contribution is -2.21. The van der Waals surface area contributed by atoms with Crippen molar-refractivity contribution >= 4 is 28.3 Å². The number of benzene rings is 1. The number of carbonyl (C=O) groups excluding carboxylic acids is 2. The van der Waals surface area contributed by atoms with Gasteiger partial charge in [0.1, 0.15) is 0 Å². The van der Waals surface area contributed by atoms with Crippen molar-refractivity contribution < 1.29 is 9.59 Å². The van der Waals surface area contributed by atoms with Crippen LogP contribution in [0.2, 0.25) is 0 Å². The monoisotopic (exact) mass is 438 g/mol. The molecule has 31 heavy (non-hydrogen) atoms. The fourth-order valence-corrected chi connectivity index (χ4v) is 4.54. The highest BCUT2D eigenvalue weighted by atomic mass is 32.1. The van der Waals surface area contributed by atoms with Crippen molar-refractivity contribution in [1.82, 2.24) is 14.9 Å². The third-order valence-corrected chi connectivity index (χ3v) is 5.99. The summed E-state index contributed by atoms with van der Waals surface area (Å²) in [5.41, 5.74) is 5.81. The number of hydrogen-bond donors (Lipinski definition) is 2. The van der Waals surface area contributed by atoms with E-state index in [4.69, 9.17) is 0 Å². The van der Waals surface area contributed by atoms with Gasteiger partial charge in [-0.25, -0.2) is 4.98 Å². The molecule has 3 rings (SSSR count). The van der Waals surface area contributed by atoms with E-state index in [0.717, 1.165) is 35.5 Å². The van der Waals surface area contributed by atoms with Gasteiger partial charge in [0.15, 0.2) is 5.13 Å². The average molecular weight is 439 g/mol. The van der Waals surface area contributed by atoms with Gasteiger partial charge in [-0.2, -0.15) is 0 Å². The van der Waals surface area contributed by atoms with Gasteiger partial charge >= 0.3 is 0 Å². The molecule has 0 aliphatic heterocycles. The fraction of sp³-hybridized carbons (Fsp3) is 0.375. The molecule has 6 nitrogen and oxygen atoms in total. The number of aromatic nitrogens is 2. The van der Waals surface area contributed by atoms with E-state index in [1.807, 2.05) is 37.4 Å². The van der Waals surface area contributed by atoms with Crippen LogP contribution in [0.4, 0.5) is 5.13 Å². The predicted molar refractivity (Wildman–Crippen MR) is 127 cm³/mol. The number of amides is 2. The van der Waals surface area contributed by atoms with Crippen molar-refractivity contribution in [3.05, 3.63) is 58.2 Å². The van der Waals surface area contributed by atoms with Gasteiger partial charge in [-0.15, -0.1) is 11.3 Å². The topological polar surface area (TPSA) is 76.0 Å². The minimum atomic E-state index is -0.129. The summed E-state index contributed by atoms with van der Waals surface area (Å²) in [5, 5.41) is 8.31. The Bertz CT molecular complexity index is 1060. The zero-order valence-corrected chi connectivity index (χ0v) is 19.6. The molecular weight excluding hydrogens is 408 g/mol. The van der Waals surface area contributed by atoms with Crippen LogP contribution in [0, 0.1) is 13.8 Å². The predicted octanol–water partition coefficient (Wildman–Crippen LogP) is 5.13. The molecule has 7 heteroatoms. The Morgan fingerprint density at radius 1 is 1.16 bits per heavy atom. The zero-order valence-electron chi connectivity index (χ0n) is 18.8. The lowest BCUT2D eigenvalue weighted by molar-refractivity contribution is -0.118. The van der Waals surface area contributed by atoms with E-state index < -0.39 is 0 Å². The van der Waals surface area contributed by atoms with Gasteiger partial charge in [0.05, 0.1) is 11.3 Å². The number of nitrogens with zero attached hydrogens (tertiary/aromatic N) is 2. The van der Waals surface area contributed by atoms with Crippen LogP contribution in [0.1, 0.15) is 60.5 Å². The maximum atomic E-state index is 12.8. The maximum Gasteiger partial charge on any atom is 0.259 e. The normalized spacial score (nSPS) is 11.0. The first-order valence-corrected chi connectivity index (χ1v) is 11.4. The molecule has 2 aromatic heterocycles. The number of thiazole rings is 1. The molecule has 0 saturated heterocycles. The van der Waals surface area contributed by atoms with Gasteiger partial charge in [-0.3, -0.25) is 14.9 Å². The Hall–Kier alpha value is -2.93. The Kier molecular flexibility index (Phi) is 7.28. The summed E-state index contributed by atoms with van der Waals surface area (Å²) in [6.45, 7) is 10.4. The van der Waals surface area contributed by atoms with Crippen molar-refractivity contribution in [3.8, 4) is 11.3 Å². The molecule has 0 atom stereocenters. The molecule has 2 amide bonds.